The summed E-state index contributed by atoms with van der Waals surface area (Å²) in [4.78, 5) is 0. The van der Waals surface area contributed by atoms with E-state index < -0.39 is 29.5 Å². The van der Waals surface area contributed by atoms with Crippen molar-refractivity contribution in [1.82, 2.24) is 0 Å². The zero-order valence-corrected chi connectivity index (χ0v) is 7.59. The van der Waals surface area contributed by atoms with Crippen molar-refractivity contribution in [3.8, 4) is 5.75 Å². The maximum atomic E-state index is 13.2. The molecule has 0 heterocycles. The summed E-state index contributed by atoms with van der Waals surface area (Å²) in [7, 11) is 0. The lowest BCUT2D eigenvalue weighted by Gasteiger charge is -2.22. The van der Waals surface area contributed by atoms with E-state index in [0.717, 1.165) is 6.07 Å². The minimum Gasteiger partial charge on any atom is -0.505 e. The lowest BCUT2D eigenvalue weighted by Crippen LogP contribution is -2.38. The molecule has 5 heteroatoms. The molecule has 0 saturated heterocycles. The Labute approximate surface area is 79.8 Å². The van der Waals surface area contributed by atoms with Gasteiger partial charge in [0.1, 0.15) is 5.82 Å². The Hall–Kier alpha value is -1.20. The monoisotopic (exact) mass is 203 g/mol. The smallest absolute Gasteiger partial charge is 0.165 e. The third-order valence-electron chi connectivity index (χ3n) is 1.98. The summed E-state index contributed by atoms with van der Waals surface area (Å²) in [5.74, 6) is -2.59. The zero-order valence-electron chi connectivity index (χ0n) is 7.59. The van der Waals surface area contributed by atoms with Crippen molar-refractivity contribution >= 4 is 0 Å². The first-order valence-electron chi connectivity index (χ1n) is 3.96. The number of hydrogen-bond acceptors (Lipinski definition) is 3. The number of aromatic hydroxyl groups is 1. The number of halogens is 2. The van der Waals surface area contributed by atoms with E-state index in [0.29, 0.717) is 6.07 Å². The molecule has 14 heavy (non-hydrogen) atoms. The van der Waals surface area contributed by atoms with E-state index in [4.69, 9.17) is 15.9 Å². The molecule has 0 fully saturated rings. The van der Waals surface area contributed by atoms with E-state index in [-0.39, 0.29) is 5.56 Å². The van der Waals surface area contributed by atoms with Gasteiger partial charge in [0.25, 0.3) is 0 Å². The molecule has 0 saturated carbocycles. The predicted octanol–water partition coefficient (Wildman–Crippen LogP) is 0.837. The van der Waals surface area contributed by atoms with Crippen LogP contribution in [-0.4, -0.2) is 16.8 Å². The van der Waals surface area contributed by atoms with Crippen molar-refractivity contribution in [3.63, 3.8) is 0 Å². The van der Waals surface area contributed by atoms with Gasteiger partial charge in [0.05, 0.1) is 12.1 Å². The molecule has 0 aliphatic rings. The fraction of sp³-hybridized carbons (Fsp3) is 0.333. The molecule has 78 valence electrons. The van der Waals surface area contributed by atoms with Crippen molar-refractivity contribution < 1.29 is 19.0 Å². The number of phenolic OH excluding ortho intramolecular Hbond substituents is 1. The highest BCUT2D eigenvalue weighted by Gasteiger charge is 2.25. The van der Waals surface area contributed by atoms with Crippen LogP contribution in [0.25, 0.3) is 0 Å². The molecule has 1 rings (SSSR count). The van der Waals surface area contributed by atoms with Crippen molar-refractivity contribution in [1.29, 1.82) is 0 Å². The Morgan fingerprint density at radius 2 is 1.93 bits per heavy atom. The van der Waals surface area contributed by atoms with Crippen LogP contribution in [0.4, 0.5) is 8.78 Å². The number of phenols is 1. The van der Waals surface area contributed by atoms with Crippen LogP contribution in [0.15, 0.2) is 12.1 Å². The molecule has 1 atom stereocenters. The average Bonchev–Trinajstić information content (AvgIpc) is 2.11. The minimum absolute atomic E-state index is 0.171. The molecule has 0 amide bonds. The van der Waals surface area contributed by atoms with Crippen LogP contribution < -0.4 is 5.73 Å². The predicted molar refractivity (Wildman–Crippen MR) is 46.6 cm³/mol. The molecular formula is C9H11F2NO2. The standard InChI is InChI=1S/C9H11F2NO2/c1-9(12,4-13)5-2-7(11)8(14)3-6(5)10/h2-3,13-14H,4,12H2,1H3/t9-/m1/s1. The van der Waals surface area contributed by atoms with Gasteiger partial charge in [-0.15, -0.1) is 0 Å². The molecule has 4 N–H and O–H groups in total. The Morgan fingerprint density at radius 1 is 1.36 bits per heavy atom. The van der Waals surface area contributed by atoms with Gasteiger partial charge in [-0.2, -0.15) is 0 Å². The van der Waals surface area contributed by atoms with E-state index in [2.05, 4.69) is 0 Å². The largest absolute Gasteiger partial charge is 0.505 e. The van der Waals surface area contributed by atoms with Crippen LogP contribution >= 0.6 is 0 Å². The number of hydrogen-bond donors (Lipinski definition) is 3. The third kappa shape index (κ3) is 1.83. The van der Waals surface area contributed by atoms with Crippen molar-refractivity contribution in [2.75, 3.05) is 6.61 Å². The number of aliphatic hydroxyl groups excluding tert-OH is 1. The highest BCUT2D eigenvalue weighted by atomic mass is 19.1. The summed E-state index contributed by atoms with van der Waals surface area (Å²) >= 11 is 0. The molecule has 0 bridgehead atoms. The fourth-order valence-corrected chi connectivity index (χ4v) is 1.06. The third-order valence-corrected chi connectivity index (χ3v) is 1.98. The van der Waals surface area contributed by atoms with Crippen LogP contribution in [-0.2, 0) is 5.54 Å². The topological polar surface area (TPSA) is 66.5 Å². The molecule has 0 radical (unpaired) electrons. The zero-order chi connectivity index (χ0) is 10.9. The van der Waals surface area contributed by atoms with E-state index in [1.807, 2.05) is 0 Å². The minimum atomic E-state index is -1.36. The summed E-state index contributed by atoms with van der Waals surface area (Å²) < 4.78 is 26.1. The van der Waals surface area contributed by atoms with Crippen LogP contribution in [0.3, 0.4) is 0 Å². The fourth-order valence-electron chi connectivity index (χ4n) is 1.06. The van der Waals surface area contributed by atoms with Crippen LogP contribution in [0.1, 0.15) is 12.5 Å². The Kier molecular flexibility index (Phi) is 2.73. The molecular weight excluding hydrogens is 192 g/mol. The second-order valence-corrected chi connectivity index (χ2v) is 3.36. The first-order valence-corrected chi connectivity index (χ1v) is 3.96. The SMILES string of the molecule is C[C@@](N)(CO)c1cc(F)c(O)cc1F. The highest BCUT2D eigenvalue weighted by Crippen LogP contribution is 2.26. The molecule has 0 aliphatic carbocycles. The number of aliphatic hydroxyl groups is 1. The molecule has 0 unspecified atom stereocenters. The molecule has 0 spiro atoms. The maximum absolute atomic E-state index is 13.2. The lowest BCUT2D eigenvalue weighted by atomic mass is 9.93. The van der Waals surface area contributed by atoms with Gasteiger partial charge in [-0.05, 0) is 13.0 Å². The van der Waals surface area contributed by atoms with Crippen LogP contribution in [0.5, 0.6) is 5.75 Å². The molecule has 1 aromatic carbocycles. The summed E-state index contributed by atoms with van der Waals surface area (Å²) in [6.07, 6.45) is 0. The van der Waals surface area contributed by atoms with Crippen molar-refractivity contribution in [2.45, 2.75) is 12.5 Å². The van der Waals surface area contributed by atoms with E-state index >= 15 is 0 Å². The van der Waals surface area contributed by atoms with E-state index in [9.17, 15) is 8.78 Å². The van der Waals surface area contributed by atoms with Gasteiger partial charge < -0.3 is 15.9 Å². The molecule has 0 aromatic heterocycles. The van der Waals surface area contributed by atoms with Gasteiger partial charge in [-0.1, -0.05) is 0 Å². The summed E-state index contributed by atoms with van der Waals surface area (Å²) in [6, 6.07) is 1.41. The Bertz CT molecular complexity index is 353. The molecule has 0 aliphatic heterocycles. The van der Waals surface area contributed by atoms with E-state index in [1.165, 1.54) is 6.92 Å². The highest BCUT2D eigenvalue weighted by molar-refractivity contribution is 5.33. The quantitative estimate of drug-likeness (QED) is 0.667. The normalized spacial score (nSPS) is 15.2. The lowest BCUT2D eigenvalue weighted by molar-refractivity contribution is 0.205. The molecule has 3 nitrogen and oxygen atoms in total. The van der Waals surface area contributed by atoms with Crippen molar-refractivity contribution in [2.24, 2.45) is 5.73 Å². The van der Waals surface area contributed by atoms with Gasteiger partial charge in [0.15, 0.2) is 11.6 Å². The Balaban J connectivity index is 3.29. The number of rotatable bonds is 2. The summed E-state index contributed by atoms with van der Waals surface area (Å²) in [5, 5.41) is 17.7. The van der Waals surface area contributed by atoms with Crippen molar-refractivity contribution in [3.05, 3.63) is 29.3 Å². The molecule has 1 aromatic rings. The Morgan fingerprint density at radius 3 is 2.43 bits per heavy atom. The van der Waals surface area contributed by atoms with Gasteiger partial charge in [-0.25, -0.2) is 8.78 Å². The van der Waals surface area contributed by atoms with Gasteiger partial charge >= 0.3 is 0 Å². The number of benzene rings is 1. The van der Waals surface area contributed by atoms with Gasteiger partial charge in [0.2, 0.25) is 0 Å². The van der Waals surface area contributed by atoms with Crippen LogP contribution in [0, 0.1) is 11.6 Å². The first-order chi connectivity index (χ1) is 6.38. The van der Waals surface area contributed by atoms with Gasteiger partial charge in [-0.3, -0.25) is 0 Å². The van der Waals surface area contributed by atoms with E-state index in [1.54, 1.807) is 0 Å². The first kappa shape index (κ1) is 10.9. The second kappa shape index (κ2) is 3.51. The average molecular weight is 203 g/mol. The maximum Gasteiger partial charge on any atom is 0.165 e. The van der Waals surface area contributed by atoms with Crippen LogP contribution in [0.2, 0.25) is 0 Å². The number of nitrogens with two attached hydrogens (primary N) is 1. The second-order valence-electron chi connectivity index (χ2n) is 3.36. The summed E-state index contributed by atoms with van der Waals surface area (Å²) in [5.41, 5.74) is 3.99. The summed E-state index contributed by atoms with van der Waals surface area (Å²) in [6.45, 7) is 0.843. The van der Waals surface area contributed by atoms with Gasteiger partial charge in [0, 0.05) is 11.6 Å².